The van der Waals surface area contributed by atoms with E-state index in [2.05, 4.69) is 82.9 Å². The first-order valence-corrected chi connectivity index (χ1v) is 12.5. The van der Waals surface area contributed by atoms with E-state index >= 15 is 0 Å². The van der Waals surface area contributed by atoms with Crippen molar-refractivity contribution in [3.63, 3.8) is 0 Å². The van der Waals surface area contributed by atoms with Gasteiger partial charge in [-0.25, -0.2) is 4.98 Å². The highest BCUT2D eigenvalue weighted by atomic mass is 79.9. The third kappa shape index (κ3) is 5.34. The molecule has 0 amide bonds. The highest BCUT2D eigenvalue weighted by Gasteiger charge is 2.12. The summed E-state index contributed by atoms with van der Waals surface area (Å²) in [4.78, 5) is 14.9. The molecule has 4 aromatic rings. The van der Waals surface area contributed by atoms with E-state index in [1.54, 1.807) is 13.3 Å². The van der Waals surface area contributed by atoms with E-state index in [-0.39, 0.29) is 0 Å². The molecule has 0 aliphatic carbocycles. The number of methoxy groups -OCH3 is 1. The molecule has 176 valence electrons. The largest absolute Gasteiger partial charge is 0.497 e. The number of H-pyrrole nitrogens is 1. The van der Waals surface area contributed by atoms with Gasteiger partial charge in [0.25, 0.3) is 0 Å². The Balaban J connectivity index is 1.20. The Labute approximate surface area is 208 Å². The summed E-state index contributed by atoms with van der Waals surface area (Å²) in [5.41, 5.74) is 4.66. The quantitative estimate of drug-likeness (QED) is 0.262. The zero-order chi connectivity index (χ0) is 23.3. The Kier molecular flexibility index (Phi) is 6.97. The number of likely N-dealkylation sites (tertiary alicyclic amines) is 1. The summed E-state index contributed by atoms with van der Waals surface area (Å²) in [5.74, 6) is 2.19. The average Bonchev–Trinajstić information content (AvgIpc) is 3.52. The van der Waals surface area contributed by atoms with Crippen LogP contribution in [0.1, 0.15) is 24.0 Å². The van der Waals surface area contributed by atoms with E-state index < -0.39 is 0 Å². The monoisotopic (exact) mass is 520 g/mol. The third-order valence-corrected chi connectivity index (χ3v) is 6.80. The van der Waals surface area contributed by atoms with Gasteiger partial charge >= 0.3 is 0 Å². The molecule has 5 rings (SSSR count). The van der Waals surface area contributed by atoms with E-state index in [1.165, 1.54) is 42.4 Å². The van der Waals surface area contributed by atoms with Gasteiger partial charge in [0.2, 0.25) is 5.95 Å². The maximum Gasteiger partial charge on any atom is 0.229 e. The molecule has 34 heavy (non-hydrogen) atoms. The number of nitrogens with one attached hydrogen (secondary N) is 3. The maximum atomic E-state index is 5.37. The van der Waals surface area contributed by atoms with Crippen molar-refractivity contribution in [2.24, 2.45) is 0 Å². The van der Waals surface area contributed by atoms with Crippen molar-refractivity contribution >= 4 is 44.3 Å². The minimum absolute atomic E-state index is 0.565. The SMILES string of the molecule is COc1ccc2[nH]cc(CCNc3nc(Nc4ccc(CN5CCCC5)cc4)ncc3Br)c2c1. The lowest BCUT2D eigenvalue weighted by Gasteiger charge is -2.15. The Morgan fingerprint density at radius 3 is 2.74 bits per heavy atom. The lowest BCUT2D eigenvalue weighted by atomic mass is 10.1. The van der Waals surface area contributed by atoms with Crippen LogP contribution in [0, 0.1) is 0 Å². The molecule has 1 aliphatic heterocycles. The van der Waals surface area contributed by atoms with Crippen LogP contribution >= 0.6 is 15.9 Å². The van der Waals surface area contributed by atoms with Crippen LogP contribution in [0.4, 0.5) is 17.5 Å². The van der Waals surface area contributed by atoms with Gasteiger partial charge in [0, 0.05) is 42.1 Å². The Hall–Kier alpha value is -3.10. The van der Waals surface area contributed by atoms with Gasteiger partial charge in [-0.1, -0.05) is 12.1 Å². The zero-order valence-electron chi connectivity index (χ0n) is 19.3. The van der Waals surface area contributed by atoms with Crippen molar-refractivity contribution in [1.82, 2.24) is 19.9 Å². The van der Waals surface area contributed by atoms with Crippen LogP contribution in [0.2, 0.25) is 0 Å². The summed E-state index contributed by atoms with van der Waals surface area (Å²) in [6, 6.07) is 14.6. The molecule has 0 atom stereocenters. The van der Waals surface area contributed by atoms with Gasteiger partial charge in [-0.3, -0.25) is 4.90 Å². The van der Waals surface area contributed by atoms with Gasteiger partial charge in [-0.05, 0) is 89.7 Å². The van der Waals surface area contributed by atoms with Crippen molar-refractivity contribution in [3.8, 4) is 5.75 Å². The molecule has 7 nitrogen and oxygen atoms in total. The summed E-state index contributed by atoms with van der Waals surface area (Å²) in [5, 5.41) is 7.93. The molecule has 0 bridgehead atoms. The Morgan fingerprint density at radius 1 is 1.12 bits per heavy atom. The van der Waals surface area contributed by atoms with Gasteiger partial charge in [0.1, 0.15) is 11.6 Å². The smallest absolute Gasteiger partial charge is 0.229 e. The predicted octanol–water partition coefficient (Wildman–Crippen LogP) is 5.72. The molecule has 1 aliphatic rings. The Bertz CT molecular complexity index is 1250. The molecular weight excluding hydrogens is 492 g/mol. The van der Waals surface area contributed by atoms with Gasteiger partial charge in [-0.2, -0.15) is 4.98 Å². The first-order chi connectivity index (χ1) is 16.7. The van der Waals surface area contributed by atoms with E-state index in [9.17, 15) is 0 Å². The van der Waals surface area contributed by atoms with Crippen LogP contribution < -0.4 is 15.4 Å². The van der Waals surface area contributed by atoms with Crippen LogP contribution in [0.5, 0.6) is 5.75 Å². The molecule has 0 spiro atoms. The molecule has 3 heterocycles. The maximum absolute atomic E-state index is 5.37. The average molecular weight is 521 g/mol. The molecule has 8 heteroatoms. The molecule has 2 aromatic heterocycles. The van der Waals surface area contributed by atoms with Gasteiger partial charge < -0.3 is 20.4 Å². The van der Waals surface area contributed by atoms with Crippen LogP contribution in [-0.4, -0.2) is 46.6 Å². The predicted molar refractivity (Wildman–Crippen MR) is 141 cm³/mol. The standard InChI is InChI=1S/C26H29BrN6O/c1-34-21-8-9-24-22(14-21)19(15-29-24)10-11-28-25-23(27)16-30-26(32-25)31-20-6-4-18(5-7-20)17-33-12-2-3-13-33/h4-9,14-16,29H,2-3,10-13,17H2,1H3,(H2,28,30,31,32). The van der Waals surface area contributed by atoms with Crippen molar-refractivity contribution in [3.05, 3.63) is 70.5 Å². The summed E-state index contributed by atoms with van der Waals surface area (Å²) in [6.45, 7) is 4.17. The first kappa shape index (κ1) is 22.7. The van der Waals surface area contributed by atoms with Crippen LogP contribution in [-0.2, 0) is 13.0 Å². The number of aromatic nitrogens is 3. The number of aromatic amines is 1. The van der Waals surface area contributed by atoms with Gasteiger partial charge in [0.05, 0.1) is 11.6 Å². The number of rotatable bonds is 9. The van der Waals surface area contributed by atoms with Crippen LogP contribution in [0.25, 0.3) is 10.9 Å². The molecule has 1 fully saturated rings. The molecule has 0 saturated carbocycles. The Morgan fingerprint density at radius 2 is 1.94 bits per heavy atom. The second-order valence-electron chi connectivity index (χ2n) is 8.60. The number of hydrogen-bond acceptors (Lipinski definition) is 6. The normalized spacial score (nSPS) is 13.9. The molecule has 3 N–H and O–H groups in total. The summed E-state index contributed by atoms with van der Waals surface area (Å²) < 4.78 is 6.21. The number of nitrogens with zero attached hydrogens (tertiary/aromatic N) is 3. The molecule has 2 aromatic carbocycles. The number of ether oxygens (including phenoxy) is 1. The van der Waals surface area contributed by atoms with E-state index in [0.717, 1.165) is 46.8 Å². The van der Waals surface area contributed by atoms with E-state index in [1.807, 2.05) is 12.1 Å². The molecule has 1 saturated heterocycles. The highest BCUT2D eigenvalue weighted by molar-refractivity contribution is 9.10. The second-order valence-corrected chi connectivity index (χ2v) is 9.45. The van der Waals surface area contributed by atoms with Crippen LogP contribution in [0.3, 0.4) is 0 Å². The van der Waals surface area contributed by atoms with Crippen LogP contribution in [0.15, 0.2) is 59.3 Å². The van der Waals surface area contributed by atoms with Gasteiger partial charge in [-0.15, -0.1) is 0 Å². The van der Waals surface area contributed by atoms with E-state index in [0.29, 0.717) is 5.95 Å². The molecule has 0 radical (unpaired) electrons. The van der Waals surface area contributed by atoms with Gasteiger partial charge in [0.15, 0.2) is 0 Å². The number of hydrogen-bond donors (Lipinski definition) is 3. The lowest BCUT2D eigenvalue weighted by Crippen LogP contribution is -2.18. The van der Waals surface area contributed by atoms with Crippen molar-refractivity contribution < 1.29 is 4.74 Å². The molecular formula is C26H29BrN6O. The second kappa shape index (κ2) is 10.4. The number of fused-ring (bicyclic) bond motifs is 1. The van der Waals surface area contributed by atoms with Crippen molar-refractivity contribution in [2.75, 3.05) is 37.4 Å². The fraction of sp³-hybridized carbons (Fsp3) is 0.308. The fourth-order valence-corrected chi connectivity index (χ4v) is 4.71. The summed E-state index contributed by atoms with van der Waals surface area (Å²) >= 11 is 3.56. The van der Waals surface area contributed by atoms with E-state index in [4.69, 9.17) is 4.74 Å². The fourth-order valence-electron chi connectivity index (χ4n) is 4.38. The summed E-state index contributed by atoms with van der Waals surface area (Å²) in [6.07, 6.45) is 7.31. The number of benzene rings is 2. The third-order valence-electron chi connectivity index (χ3n) is 6.22. The number of anilines is 3. The minimum atomic E-state index is 0.565. The lowest BCUT2D eigenvalue weighted by molar-refractivity contribution is 0.331. The topological polar surface area (TPSA) is 78.1 Å². The highest BCUT2D eigenvalue weighted by Crippen LogP contribution is 2.25. The number of halogens is 1. The van der Waals surface area contributed by atoms with Crippen molar-refractivity contribution in [1.29, 1.82) is 0 Å². The minimum Gasteiger partial charge on any atom is -0.497 e. The molecule has 0 unspecified atom stereocenters. The first-order valence-electron chi connectivity index (χ1n) is 11.7. The summed E-state index contributed by atoms with van der Waals surface area (Å²) in [7, 11) is 1.69. The zero-order valence-corrected chi connectivity index (χ0v) is 20.9. The van der Waals surface area contributed by atoms with Crippen molar-refractivity contribution in [2.45, 2.75) is 25.8 Å².